The van der Waals surface area contributed by atoms with Crippen molar-refractivity contribution >= 4 is 10.1 Å². The summed E-state index contributed by atoms with van der Waals surface area (Å²) in [6.07, 6.45) is 16.5. The molecule has 1 aromatic carbocycles. The standard InChI is InChI=1S/C35H52O3S/c1-23(2)25(4)10-11-26(5)31-16-17-32-30-15-12-27-22-28(38-39(36,37)29-13-8-24(3)9-14-29)18-20-34(27,6)33(30)19-21-35(31,32)7/h8-11,13-15,23,25-28,31-33H,12,16-22H2,1-7H3/b11-10+/t25-,26+,27+,28+,31+,32-,33-,34+,35-/m0/s1. The molecule has 0 aromatic heterocycles. The van der Waals surface area contributed by atoms with Gasteiger partial charge in [0.15, 0.2) is 0 Å². The van der Waals surface area contributed by atoms with Crippen molar-refractivity contribution in [2.75, 3.05) is 0 Å². The van der Waals surface area contributed by atoms with E-state index >= 15 is 0 Å². The molecule has 0 radical (unpaired) electrons. The predicted molar refractivity (Wildman–Crippen MR) is 161 cm³/mol. The number of hydrogen-bond acceptors (Lipinski definition) is 3. The third kappa shape index (κ3) is 5.34. The van der Waals surface area contributed by atoms with E-state index in [2.05, 4.69) is 59.8 Å². The van der Waals surface area contributed by atoms with Crippen LogP contribution in [0, 0.1) is 59.2 Å². The highest BCUT2D eigenvalue weighted by molar-refractivity contribution is 7.86. The highest BCUT2D eigenvalue weighted by Crippen LogP contribution is 2.67. The zero-order chi connectivity index (χ0) is 28.2. The van der Waals surface area contributed by atoms with Crippen LogP contribution in [0.3, 0.4) is 0 Å². The number of aryl methyl sites for hydroxylation is 1. The van der Waals surface area contributed by atoms with Crippen molar-refractivity contribution in [2.45, 2.75) is 111 Å². The summed E-state index contributed by atoms with van der Waals surface area (Å²) in [4.78, 5) is 0.275. The fraction of sp³-hybridized carbons (Fsp3) is 0.714. The zero-order valence-electron chi connectivity index (χ0n) is 25.5. The lowest BCUT2D eigenvalue weighted by Gasteiger charge is -2.58. The molecule has 9 atom stereocenters. The van der Waals surface area contributed by atoms with Crippen molar-refractivity contribution in [3.63, 3.8) is 0 Å². The predicted octanol–water partition coefficient (Wildman–Crippen LogP) is 9.13. The molecule has 0 amide bonds. The van der Waals surface area contributed by atoms with Crippen LogP contribution in [0.5, 0.6) is 0 Å². The van der Waals surface area contributed by atoms with Gasteiger partial charge in [-0.2, -0.15) is 8.42 Å². The van der Waals surface area contributed by atoms with Crippen molar-refractivity contribution in [3.05, 3.63) is 53.6 Å². The van der Waals surface area contributed by atoms with Crippen LogP contribution >= 0.6 is 0 Å². The Morgan fingerprint density at radius 2 is 1.56 bits per heavy atom. The third-order valence-corrected chi connectivity index (χ3v) is 13.5. The van der Waals surface area contributed by atoms with E-state index in [0.29, 0.717) is 40.9 Å². The molecule has 0 N–H and O–H groups in total. The lowest BCUT2D eigenvalue weighted by molar-refractivity contribution is -0.0339. The highest BCUT2D eigenvalue weighted by atomic mass is 32.2. The molecule has 3 fully saturated rings. The molecule has 0 saturated heterocycles. The zero-order valence-corrected chi connectivity index (χ0v) is 26.3. The minimum Gasteiger partial charge on any atom is -0.263 e. The largest absolute Gasteiger partial charge is 0.297 e. The fourth-order valence-corrected chi connectivity index (χ4v) is 10.2. The Morgan fingerprint density at radius 1 is 0.897 bits per heavy atom. The Kier molecular flexibility index (Phi) is 8.05. The molecule has 0 spiro atoms. The topological polar surface area (TPSA) is 43.4 Å². The van der Waals surface area contributed by atoms with E-state index in [4.69, 9.17) is 4.18 Å². The van der Waals surface area contributed by atoms with Gasteiger partial charge in [0.1, 0.15) is 0 Å². The fourth-order valence-electron chi connectivity index (χ4n) is 9.11. The van der Waals surface area contributed by atoms with E-state index in [1.165, 1.54) is 25.7 Å². The first-order valence-electron chi connectivity index (χ1n) is 15.7. The molecule has 39 heavy (non-hydrogen) atoms. The Hall–Kier alpha value is -1.39. The first kappa shape index (κ1) is 29.1. The second kappa shape index (κ2) is 10.8. The van der Waals surface area contributed by atoms with E-state index in [9.17, 15) is 8.42 Å². The van der Waals surface area contributed by atoms with Gasteiger partial charge in [0.05, 0.1) is 11.0 Å². The van der Waals surface area contributed by atoms with Crippen molar-refractivity contribution in [1.29, 1.82) is 0 Å². The van der Waals surface area contributed by atoms with Gasteiger partial charge in [-0.1, -0.05) is 83.0 Å². The maximum atomic E-state index is 13.0. The molecule has 1 aromatic rings. The molecule has 0 bridgehead atoms. The van der Waals surface area contributed by atoms with Gasteiger partial charge in [0.2, 0.25) is 0 Å². The summed E-state index contributed by atoms with van der Waals surface area (Å²) in [5.41, 5.74) is 3.48. The summed E-state index contributed by atoms with van der Waals surface area (Å²) in [5, 5.41) is 0. The third-order valence-electron chi connectivity index (χ3n) is 12.1. The van der Waals surface area contributed by atoms with Gasteiger partial charge in [0, 0.05) is 0 Å². The molecular formula is C35H52O3S. The minimum atomic E-state index is -3.73. The monoisotopic (exact) mass is 552 g/mol. The molecule has 3 nitrogen and oxygen atoms in total. The van der Waals surface area contributed by atoms with Crippen molar-refractivity contribution in [2.24, 2.45) is 52.3 Å². The average molecular weight is 553 g/mol. The average Bonchev–Trinajstić information content (AvgIpc) is 3.24. The van der Waals surface area contributed by atoms with Crippen LogP contribution in [0.4, 0.5) is 0 Å². The quantitative estimate of drug-likeness (QED) is 0.250. The van der Waals surface area contributed by atoms with Gasteiger partial charge in [-0.15, -0.1) is 0 Å². The Morgan fingerprint density at radius 3 is 2.26 bits per heavy atom. The van der Waals surface area contributed by atoms with E-state index < -0.39 is 10.1 Å². The van der Waals surface area contributed by atoms with Gasteiger partial charge in [-0.05, 0) is 123 Å². The lowest BCUT2D eigenvalue weighted by Crippen LogP contribution is -2.50. The number of allylic oxidation sites excluding steroid dienone is 4. The lowest BCUT2D eigenvalue weighted by atomic mass is 9.47. The van der Waals surface area contributed by atoms with Gasteiger partial charge < -0.3 is 0 Å². The molecule has 0 unspecified atom stereocenters. The van der Waals surface area contributed by atoms with Gasteiger partial charge in [0.25, 0.3) is 10.1 Å². The number of fused-ring (bicyclic) bond motifs is 5. The summed E-state index contributed by atoms with van der Waals surface area (Å²) in [6.45, 7) is 16.5. The maximum Gasteiger partial charge on any atom is 0.297 e. The summed E-state index contributed by atoms with van der Waals surface area (Å²) in [5.74, 6) is 4.59. The van der Waals surface area contributed by atoms with E-state index in [0.717, 1.165) is 37.2 Å². The summed E-state index contributed by atoms with van der Waals surface area (Å²) in [6, 6.07) is 7.02. The first-order valence-corrected chi connectivity index (χ1v) is 17.1. The summed E-state index contributed by atoms with van der Waals surface area (Å²) >= 11 is 0. The smallest absolute Gasteiger partial charge is 0.263 e. The molecule has 216 valence electrons. The molecule has 5 rings (SSSR count). The Bertz CT molecular complexity index is 1190. The number of benzene rings is 1. The van der Waals surface area contributed by atoms with Gasteiger partial charge in [-0.25, -0.2) is 0 Å². The van der Waals surface area contributed by atoms with Crippen molar-refractivity contribution in [3.8, 4) is 0 Å². The van der Waals surface area contributed by atoms with Crippen molar-refractivity contribution < 1.29 is 12.6 Å². The van der Waals surface area contributed by atoms with E-state index in [-0.39, 0.29) is 16.4 Å². The normalized spacial score (nSPS) is 38.2. The molecular weight excluding hydrogens is 500 g/mol. The second-order valence-corrected chi connectivity index (χ2v) is 16.2. The van der Waals surface area contributed by atoms with Gasteiger partial charge in [-0.3, -0.25) is 4.18 Å². The van der Waals surface area contributed by atoms with Crippen LogP contribution in [0.1, 0.15) is 98.5 Å². The van der Waals surface area contributed by atoms with Crippen LogP contribution < -0.4 is 0 Å². The number of hydrogen-bond donors (Lipinski definition) is 0. The summed E-state index contributed by atoms with van der Waals surface area (Å²) in [7, 11) is -3.73. The highest BCUT2D eigenvalue weighted by Gasteiger charge is 2.58. The second-order valence-electron chi connectivity index (χ2n) is 14.6. The Balaban J connectivity index is 1.29. The van der Waals surface area contributed by atoms with Crippen LogP contribution in [0.25, 0.3) is 0 Å². The Labute approximate surface area is 239 Å². The first-order chi connectivity index (χ1) is 18.3. The SMILES string of the molecule is Cc1ccc(S(=O)(=O)O[C@@H]2CC[C@]3(C)[C@H](CC=C4[C@@H]5CC[C@H]([C@H](C)/C=C/[C@H](C)C(C)C)[C@]5(C)CC[C@@H]43)C2)cc1. The van der Waals surface area contributed by atoms with E-state index in [1.54, 1.807) is 17.7 Å². The van der Waals surface area contributed by atoms with Crippen molar-refractivity contribution in [1.82, 2.24) is 0 Å². The molecule has 0 heterocycles. The molecule has 0 aliphatic heterocycles. The number of rotatable bonds is 7. The van der Waals surface area contributed by atoms with Crippen LogP contribution in [-0.4, -0.2) is 14.5 Å². The maximum absolute atomic E-state index is 13.0. The molecule has 4 aliphatic carbocycles. The minimum absolute atomic E-state index is 0.213. The summed E-state index contributed by atoms with van der Waals surface area (Å²) < 4.78 is 31.9. The van der Waals surface area contributed by atoms with Crippen LogP contribution in [-0.2, 0) is 14.3 Å². The van der Waals surface area contributed by atoms with Crippen LogP contribution in [0.2, 0.25) is 0 Å². The molecule has 3 saturated carbocycles. The molecule has 4 heteroatoms. The van der Waals surface area contributed by atoms with Gasteiger partial charge >= 0.3 is 0 Å². The van der Waals surface area contributed by atoms with Crippen LogP contribution in [0.15, 0.2) is 53.0 Å². The molecule has 4 aliphatic rings. The van der Waals surface area contributed by atoms with E-state index in [1.807, 2.05) is 19.1 Å².